The second kappa shape index (κ2) is 6.05. The summed E-state index contributed by atoms with van der Waals surface area (Å²) in [5.41, 5.74) is 0.831. The number of ether oxygens (including phenoxy) is 2. The Kier molecular flexibility index (Phi) is 4.19. The molecule has 1 aromatic rings. The highest BCUT2D eigenvalue weighted by Gasteiger charge is 2.43. The Morgan fingerprint density at radius 1 is 1.30 bits per heavy atom. The number of esters is 1. The highest BCUT2D eigenvalue weighted by atomic mass is 16.6. The molecule has 1 saturated heterocycles. The molecular weight excluding hydrogens is 264 g/mol. The average Bonchev–Trinajstić information content (AvgIpc) is 2.43. The number of amides is 2. The molecule has 20 heavy (non-hydrogen) atoms. The molecule has 1 heterocycles. The van der Waals surface area contributed by atoms with E-state index < -0.39 is 30.2 Å². The zero-order valence-corrected chi connectivity index (χ0v) is 10.8. The molecule has 0 aromatic heterocycles. The fraction of sp³-hybridized carbons (Fsp3) is 0.308. The van der Waals surface area contributed by atoms with Crippen molar-refractivity contribution in [3.8, 4) is 0 Å². The van der Waals surface area contributed by atoms with Crippen LogP contribution in [0.5, 0.6) is 0 Å². The standard InChI is InChI=1S/C13H14N2O5/c1-8(16)20-12-10(11(17)15-12)14-13(18)19-7-9-5-3-2-4-6-9/h2-6,10,12H,7H2,1H3,(H,14,18)(H,15,17)/t10-,12+/m0/s1. The van der Waals surface area contributed by atoms with Gasteiger partial charge in [-0.25, -0.2) is 4.79 Å². The van der Waals surface area contributed by atoms with Crippen molar-refractivity contribution < 1.29 is 23.9 Å². The van der Waals surface area contributed by atoms with Crippen LogP contribution in [0.25, 0.3) is 0 Å². The first kappa shape index (κ1) is 13.9. The molecule has 2 amide bonds. The van der Waals surface area contributed by atoms with Gasteiger partial charge in [-0.3, -0.25) is 9.59 Å². The minimum absolute atomic E-state index is 0.0965. The lowest BCUT2D eigenvalue weighted by molar-refractivity contribution is -0.162. The van der Waals surface area contributed by atoms with Gasteiger partial charge in [0.05, 0.1) is 0 Å². The van der Waals surface area contributed by atoms with Crippen LogP contribution < -0.4 is 10.6 Å². The Morgan fingerprint density at radius 2 is 2.00 bits per heavy atom. The predicted octanol–water partition coefficient (Wildman–Crippen LogP) is 0.300. The van der Waals surface area contributed by atoms with Crippen LogP contribution in [0, 0.1) is 0 Å². The maximum atomic E-state index is 11.5. The van der Waals surface area contributed by atoms with Crippen LogP contribution in [-0.2, 0) is 25.7 Å². The first-order valence-electron chi connectivity index (χ1n) is 6.01. The van der Waals surface area contributed by atoms with E-state index in [1.54, 1.807) is 0 Å². The number of benzene rings is 1. The predicted molar refractivity (Wildman–Crippen MR) is 67.2 cm³/mol. The van der Waals surface area contributed by atoms with Crippen LogP contribution in [0.2, 0.25) is 0 Å². The average molecular weight is 278 g/mol. The lowest BCUT2D eigenvalue weighted by atomic mass is 10.1. The summed E-state index contributed by atoms with van der Waals surface area (Å²) in [5.74, 6) is -0.965. The summed E-state index contributed by atoms with van der Waals surface area (Å²) in [4.78, 5) is 33.6. The number of rotatable bonds is 4. The van der Waals surface area contributed by atoms with Gasteiger partial charge < -0.3 is 20.1 Å². The van der Waals surface area contributed by atoms with Gasteiger partial charge in [-0.2, -0.15) is 0 Å². The van der Waals surface area contributed by atoms with Crippen LogP contribution in [0.1, 0.15) is 12.5 Å². The third-order valence-electron chi connectivity index (χ3n) is 2.65. The van der Waals surface area contributed by atoms with Gasteiger partial charge in [0.1, 0.15) is 6.61 Å². The quantitative estimate of drug-likeness (QED) is 0.610. The topological polar surface area (TPSA) is 93.7 Å². The van der Waals surface area contributed by atoms with Crippen molar-refractivity contribution in [2.45, 2.75) is 25.8 Å². The van der Waals surface area contributed by atoms with Crippen molar-refractivity contribution in [3.63, 3.8) is 0 Å². The molecule has 1 fully saturated rings. The molecule has 7 heteroatoms. The summed E-state index contributed by atoms with van der Waals surface area (Å²) in [7, 11) is 0. The van der Waals surface area contributed by atoms with Gasteiger partial charge in [0.25, 0.3) is 5.91 Å². The Morgan fingerprint density at radius 3 is 2.60 bits per heavy atom. The van der Waals surface area contributed by atoms with E-state index in [9.17, 15) is 14.4 Å². The van der Waals surface area contributed by atoms with Crippen LogP contribution in [0.4, 0.5) is 4.79 Å². The van der Waals surface area contributed by atoms with E-state index in [-0.39, 0.29) is 6.61 Å². The van der Waals surface area contributed by atoms with Gasteiger partial charge in [0.2, 0.25) is 6.23 Å². The Labute approximate surface area is 115 Å². The minimum Gasteiger partial charge on any atom is -0.445 e. The van der Waals surface area contributed by atoms with Crippen molar-refractivity contribution in [2.24, 2.45) is 0 Å². The number of alkyl carbamates (subject to hydrolysis) is 1. The molecular formula is C13H14N2O5. The number of carbonyl (C=O) groups is 3. The molecule has 1 aliphatic rings. The normalized spacial score (nSPS) is 20.4. The lowest BCUT2D eigenvalue weighted by Crippen LogP contribution is -2.70. The monoisotopic (exact) mass is 278 g/mol. The van der Waals surface area contributed by atoms with E-state index in [1.165, 1.54) is 6.92 Å². The fourth-order valence-corrected chi connectivity index (χ4v) is 1.66. The lowest BCUT2D eigenvalue weighted by Gasteiger charge is -2.35. The number of carbonyl (C=O) groups excluding carboxylic acids is 3. The number of β-lactam (4-membered cyclic amide) rings is 1. The van der Waals surface area contributed by atoms with E-state index >= 15 is 0 Å². The highest BCUT2D eigenvalue weighted by molar-refractivity contribution is 5.92. The minimum atomic E-state index is -0.915. The van der Waals surface area contributed by atoms with Crippen molar-refractivity contribution in [1.29, 1.82) is 0 Å². The summed E-state index contributed by atoms with van der Waals surface area (Å²) < 4.78 is 9.76. The molecule has 2 rings (SSSR count). The van der Waals surface area contributed by atoms with Gasteiger partial charge >= 0.3 is 12.1 Å². The van der Waals surface area contributed by atoms with Crippen LogP contribution >= 0.6 is 0 Å². The largest absolute Gasteiger partial charge is 0.445 e. The van der Waals surface area contributed by atoms with E-state index in [0.29, 0.717) is 0 Å². The second-order valence-electron chi connectivity index (χ2n) is 4.22. The molecule has 2 N–H and O–H groups in total. The molecule has 0 radical (unpaired) electrons. The molecule has 2 atom stereocenters. The number of hydrogen-bond donors (Lipinski definition) is 2. The maximum Gasteiger partial charge on any atom is 0.408 e. The Balaban J connectivity index is 1.79. The molecule has 0 saturated carbocycles. The van der Waals surface area contributed by atoms with Gasteiger partial charge in [-0.15, -0.1) is 0 Å². The first-order chi connectivity index (χ1) is 9.56. The van der Waals surface area contributed by atoms with Crippen molar-refractivity contribution >= 4 is 18.0 Å². The fourth-order valence-electron chi connectivity index (χ4n) is 1.66. The molecule has 0 bridgehead atoms. The smallest absolute Gasteiger partial charge is 0.408 e. The molecule has 0 aliphatic carbocycles. The molecule has 1 aliphatic heterocycles. The van der Waals surface area contributed by atoms with Gasteiger partial charge in [0, 0.05) is 6.92 Å². The van der Waals surface area contributed by atoms with Gasteiger partial charge in [-0.05, 0) is 5.56 Å². The molecule has 0 unspecified atom stereocenters. The van der Waals surface area contributed by atoms with Gasteiger partial charge in [-0.1, -0.05) is 30.3 Å². The summed E-state index contributed by atoms with van der Waals surface area (Å²) in [5, 5.41) is 4.69. The molecule has 1 aromatic carbocycles. The second-order valence-corrected chi connectivity index (χ2v) is 4.22. The van der Waals surface area contributed by atoms with Gasteiger partial charge in [0.15, 0.2) is 6.04 Å². The summed E-state index contributed by atoms with van der Waals surface area (Å²) >= 11 is 0. The third-order valence-corrected chi connectivity index (χ3v) is 2.65. The number of hydrogen-bond acceptors (Lipinski definition) is 5. The number of nitrogens with one attached hydrogen (secondary N) is 2. The highest BCUT2D eigenvalue weighted by Crippen LogP contribution is 2.09. The van der Waals surface area contributed by atoms with E-state index in [2.05, 4.69) is 10.6 Å². The van der Waals surface area contributed by atoms with Crippen LogP contribution in [-0.4, -0.2) is 30.2 Å². The third kappa shape index (κ3) is 3.47. The zero-order chi connectivity index (χ0) is 14.5. The van der Waals surface area contributed by atoms with Crippen LogP contribution in [0.3, 0.4) is 0 Å². The van der Waals surface area contributed by atoms with E-state index in [1.807, 2.05) is 30.3 Å². The maximum absolute atomic E-state index is 11.5. The SMILES string of the molecule is CC(=O)O[C@H]1NC(=O)[C@@H]1NC(=O)OCc1ccccc1. The Hall–Kier alpha value is -2.57. The first-order valence-corrected chi connectivity index (χ1v) is 6.01. The Bertz CT molecular complexity index is 517. The van der Waals surface area contributed by atoms with E-state index in [0.717, 1.165) is 5.56 Å². The molecule has 0 spiro atoms. The molecule has 106 valence electrons. The van der Waals surface area contributed by atoms with Crippen molar-refractivity contribution in [2.75, 3.05) is 0 Å². The summed E-state index contributed by atoms with van der Waals surface area (Å²) in [6.07, 6.45) is -1.59. The van der Waals surface area contributed by atoms with Crippen molar-refractivity contribution in [3.05, 3.63) is 35.9 Å². The summed E-state index contributed by atoms with van der Waals surface area (Å²) in [6.45, 7) is 1.31. The zero-order valence-electron chi connectivity index (χ0n) is 10.8. The van der Waals surface area contributed by atoms with Crippen molar-refractivity contribution in [1.82, 2.24) is 10.6 Å². The van der Waals surface area contributed by atoms with E-state index in [4.69, 9.17) is 9.47 Å². The molecule has 7 nitrogen and oxygen atoms in total. The summed E-state index contributed by atoms with van der Waals surface area (Å²) in [6, 6.07) is 8.21. The van der Waals surface area contributed by atoms with Crippen LogP contribution in [0.15, 0.2) is 30.3 Å².